The van der Waals surface area contributed by atoms with Crippen molar-refractivity contribution in [1.82, 2.24) is 25.1 Å². The van der Waals surface area contributed by atoms with Crippen molar-refractivity contribution in [3.63, 3.8) is 0 Å². The van der Waals surface area contributed by atoms with Gasteiger partial charge in [-0.25, -0.2) is 0 Å². The van der Waals surface area contributed by atoms with E-state index in [9.17, 15) is 18.0 Å². The molecule has 7 nitrogen and oxygen atoms in total. The Bertz CT molecular complexity index is 1640. The number of benzene rings is 3. The van der Waals surface area contributed by atoms with Crippen molar-refractivity contribution in [2.45, 2.75) is 23.6 Å². The number of pyridine rings is 1. The summed E-state index contributed by atoms with van der Waals surface area (Å²) in [4.78, 5) is 16.9. The van der Waals surface area contributed by atoms with Crippen LogP contribution in [-0.4, -0.2) is 32.8 Å². The predicted octanol–water partition coefficient (Wildman–Crippen LogP) is 6.58. The lowest BCUT2D eigenvalue weighted by Gasteiger charge is -2.12. The second-order valence-electron chi connectivity index (χ2n) is 8.95. The third kappa shape index (κ3) is 6.75. The summed E-state index contributed by atoms with van der Waals surface area (Å²) >= 11 is 1.46. The van der Waals surface area contributed by atoms with E-state index in [0.29, 0.717) is 27.9 Å². The molecule has 2 aromatic heterocycles. The number of carbonyl (C=O) groups is 1. The van der Waals surface area contributed by atoms with E-state index in [1.165, 1.54) is 17.8 Å². The summed E-state index contributed by atoms with van der Waals surface area (Å²) in [6, 6.07) is 23.3. The molecule has 0 unspecified atom stereocenters. The number of amides is 1. The van der Waals surface area contributed by atoms with E-state index >= 15 is 0 Å². The van der Waals surface area contributed by atoms with E-state index < -0.39 is 11.7 Å². The molecule has 1 N–H and O–H groups in total. The minimum absolute atomic E-state index is 0.0233. The highest BCUT2D eigenvalue weighted by atomic mass is 32.2. The molecule has 0 radical (unpaired) electrons. The molecule has 0 fully saturated rings. The molecule has 5 rings (SSSR count). The maximum Gasteiger partial charge on any atom is 0.416 e. The second-order valence-corrected chi connectivity index (χ2v) is 9.89. The summed E-state index contributed by atoms with van der Waals surface area (Å²) in [5.41, 5.74) is 2.60. The molecular formula is C30H24F3N5O2S. The van der Waals surface area contributed by atoms with E-state index in [1.54, 1.807) is 43.8 Å². The van der Waals surface area contributed by atoms with Crippen LogP contribution >= 0.6 is 11.8 Å². The summed E-state index contributed by atoms with van der Waals surface area (Å²) in [7, 11) is 1.61. The first kappa shape index (κ1) is 27.9. The molecule has 0 spiro atoms. The van der Waals surface area contributed by atoms with Crippen molar-refractivity contribution in [1.29, 1.82) is 0 Å². The lowest BCUT2D eigenvalue weighted by molar-refractivity contribution is -0.137. The normalized spacial score (nSPS) is 11.3. The molecule has 0 bridgehead atoms. The van der Waals surface area contributed by atoms with Gasteiger partial charge in [-0.2, -0.15) is 13.2 Å². The number of carbonyl (C=O) groups excluding carboxylic acids is 1. The van der Waals surface area contributed by atoms with Gasteiger partial charge in [0.1, 0.15) is 5.75 Å². The Morgan fingerprint density at radius 2 is 1.66 bits per heavy atom. The van der Waals surface area contributed by atoms with Gasteiger partial charge in [0, 0.05) is 41.5 Å². The van der Waals surface area contributed by atoms with Gasteiger partial charge in [-0.1, -0.05) is 36.0 Å². The predicted molar refractivity (Wildman–Crippen MR) is 150 cm³/mol. The van der Waals surface area contributed by atoms with E-state index in [2.05, 4.69) is 20.5 Å². The Morgan fingerprint density at radius 3 is 2.39 bits per heavy atom. The summed E-state index contributed by atoms with van der Waals surface area (Å²) in [5.74, 6) is 1.50. The van der Waals surface area contributed by atoms with E-state index in [4.69, 9.17) is 4.74 Å². The molecule has 11 heteroatoms. The molecule has 0 saturated heterocycles. The highest BCUT2D eigenvalue weighted by molar-refractivity contribution is 7.98. The van der Waals surface area contributed by atoms with Crippen molar-refractivity contribution in [3.8, 4) is 22.8 Å². The van der Waals surface area contributed by atoms with Gasteiger partial charge in [0.25, 0.3) is 5.91 Å². The Kier molecular flexibility index (Phi) is 8.34. The van der Waals surface area contributed by atoms with Crippen molar-refractivity contribution >= 4 is 17.7 Å². The van der Waals surface area contributed by atoms with Crippen LogP contribution in [0.5, 0.6) is 5.75 Å². The van der Waals surface area contributed by atoms with Crippen LogP contribution in [0.1, 0.15) is 27.0 Å². The lowest BCUT2D eigenvalue weighted by atomic mass is 10.1. The number of hydrogen-bond donors (Lipinski definition) is 1. The van der Waals surface area contributed by atoms with Crippen molar-refractivity contribution in [3.05, 3.63) is 120 Å². The number of alkyl halides is 3. The third-order valence-corrected chi connectivity index (χ3v) is 7.17. The summed E-state index contributed by atoms with van der Waals surface area (Å²) < 4.78 is 46.3. The molecule has 1 amide bonds. The van der Waals surface area contributed by atoms with Gasteiger partial charge in [-0.3, -0.25) is 14.3 Å². The molecule has 0 saturated carbocycles. The van der Waals surface area contributed by atoms with Crippen molar-refractivity contribution in [2.24, 2.45) is 0 Å². The first-order valence-electron chi connectivity index (χ1n) is 12.5. The van der Waals surface area contributed by atoms with Crippen LogP contribution in [0.15, 0.2) is 102 Å². The zero-order valence-corrected chi connectivity index (χ0v) is 22.6. The van der Waals surface area contributed by atoms with Gasteiger partial charge in [0.15, 0.2) is 11.0 Å². The van der Waals surface area contributed by atoms with Gasteiger partial charge < -0.3 is 10.1 Å². The molecule has 3 aromatic carbocycles. The molecule has 208 valence electrons. The Morgan fingerprint density at radius 1 is 0.927 bits per heavy atom. The van der Waals surface area contributed by atoms with Gasteiger partial charge in [-0.05, 0) is 71.8 Å². The SMILES string of the molecule is COc1ccc(-n2c(SCc3cccc(C(=O)NCc4cccc(C(F)(F)F)c4)c3)nnc2-c2ccncc2)cc1. The highest BCUT2D eigenvalue weighted by Gasteiger charge is 2.30. The van der Waals surface area contributed by atoms with E-state index in [0.717, 1.165) is 34.7 Å². The number of thioether (sulfide) groups is 1. The maximum absolute atomic E-state index is 13.0. The monoisotopic (exact) mass is 575 g/mol. The molecular weight excluding hydrogens is 551 g/mol. The van der Waals surface area contributed by atoms with Crippen LogP contribution < -0.4 is 10.1 Å². The number of halogens is 3. The lowest BCUT2D eigenvalue weighted by Crippen LogP contribution is -2.23. The molecule has 5 aromatic rings. The zero-order chi connectivity index (χ0) is 28.8. The van der Waals surface area contributed by atoms with Gasteiger partial charge in [0.2, 0.25) is 0 Å². The molecule has 0 aliphatic carbocycles. The fraction of sp³-hybridized carbons (Fsp3) is 0.133. The number of rotatable bonds is 9. The minimum Gasteiger partial charge on any atom is -0.497 e. The largest absolute Gasteiger partial charge is 0.497 e. The van der Waals surface area contributed by atoms with Crippen molar-refractivity contribution in [2.75, 3.05) is 7.11 Å². The Hall–Kier alpha value is -4.64. The summed E-state index contributed by atoms with van der Waals surface area (Å²) in [6.45, 7) is -0.0233. The van der Waals surface area contributed by atoms with Crippen LogP contribution in [0.3, 0.4) is 0 Å². The number of ether oxygens (including phenoxy) is 1. The first-order chi connectivity index (χ1) is 19.8. The van der Waals surface area contributed by atoms with Crippen molar-refractivity contribution < 1.29 is 22.7 Å². The van der Waals surface area contributed by atoms with Gasteiger partial charge in [0.05, 0.1) is 12.7 Å². The molecule has 0 aliphatic heterocycles. The molecule has 41 heavy (non-hydrogen) atoms. The van der Waals surface area contributed by atoms with Gasteiger partial charge >= 0.3 is 6.18 Å². The summed E-state index contributed by atoms with van der Waals surface area (Å²) in [5, 5.41) is 12.2. The molecule has 0 atom stereocenters. The van der Waals surface area contributed by atoms with Crippen LogP contribution in [0.25, 0.3) is 17.1 Å². The minimum atomic E-state index is -4.44. The number of nitrogens with one attached hydrogen (secondary N) is 1. The number of methoxy groups -OCH3 is 1. The maximum atomic E-state index is 13.0. The van der Waals surface area contributed by atoms with Gasteiger partial charge in [-0.15, -0.1) is 10.2 Å². The zero-order valence-electron chi connectivity index (χ0n) is 21.8. The van der Waals surface area contributed by atoms with Crippen LogP contribution in [0.2, 0.25) is 0 Å². The molecule has 2 heterocycles. The number of aromatic nitrogens is 4. The standard InChI is InChI=1S/C30H24F3N5O2S/c1-40-26-10-8-25(9-11-26)38-27(22-12-14-34-15-13-22)36-37-29(38)41-19-21-5-2-6-23(16-21)28(39)35-18-20-4-3-7-24(17-20)30(31,32)33/h2-17H,18-19H2,1H3,(H,35,39). The molecule has 0 aliphatic rings. The average molecular weight is 576 g/mol. The van der Waals surface area contributed by atoms with Crippen LogP contribution in [-0.2, 0) is 18.5 Å². The van der Waals surface area contributed by atoms with E-state index in [-0.39, 0.29) is 12.5 Å². The third-order valence-electron chi connectivity index (χ3n) is 6.17. The summed E-state index contributed by atoms with van der Waals surface area (Å²) in [6.07, 6.45) is -1.06. The fourth-order valence-electron chi connectivity index (χ4n) is 4.11. The number of hydrogen-bond acceptors (Lipinski definition) is 6. The smallest absolute Gasteiger partial charge is 0.416 e. The fourth-order valence-corrected chi connectivity index (χ4v) is 5.00. The quantitative estimate of drug-likeness (QED) is 0.200. The number of nitrogens with zero attached hydrogens (tertiary/aromatic N) is 4. The Labute approximate surface area is 238 Å². The van der Waals surface area contributed by atoms with Crippen LogP contribution in [0, 0.1) is 0 Å². The Balaban J connectivity index is 1.31. The van der Waals surface area contributed by atoms with Crippen LogP contribution in [0.4, 0.5) is 13.2 Å². The highest BCUT2D eigenvalue weighted by Crippen LogP contribution is 2.31. The van der Waals surface area contributed by atoms with E-state index in [1.807, 2.05) is 47.0 Å². The second kappa shape index (κ2) is 12.3. The topological polar surface area (TPSA) is 81.9 Å². The first-order valence-corrected chi connectivity index (χ1v) is 13.5. The average Bonchev–Trinajstić information content (AvgIpc) is 3.43.